The van der Waals surface area contributed by atoms with Crippen molar-refractivity contribution in [3.63, 3.8) is 0 Å². The van der Waals surface area contributed by atoms with Gasteiger partial charge in [-0.2, -0.15) is 4.98 Å². The first-order chi connectivity index (χ1) is 25.0. The van der Waals surface area contributed by atoms with Gasteiger partial charge in [-0.05, 0) is 82.4 Å². The number of rotatable bonds is 6. The molecule has 17 heteroatoms. The molecule has 2 aliphatic carbocycles. The molecule has 53 heavy (non-hydrogen) atoms. The van der Waals surface area contributed by atoms with Crippen molar-refractivity contribution in [2.24, 2.45) is 17.8 Å². The largest absolute Gasteiger partial charge is 0.472 e. The molecule has 4 N–H and O–H groups in total. The van der Waals surface area contributed by atoms with E-state index in [4.69, 9.17) is 16.3 Å². The van der Waals surface area contributed by atoms with Crippen molar-refractivity contribution < 1.29 is 37.4 Å². The molecular weight excluding hydrogens is 726 g/mol. The van der Waals surface area contributed by atoms with Gasteiger partial charge in [0.05, 0.1) is 27.9 Å². The molecule has 1 saturated heterocycles. The number of amides is 4. The molecule has 0 unspecified atom stereocenters. The third-order valence-electron chi connectivity index (χ3n) is 11.3. The maximum atomic E-state index is 14.5. The summed E-state index contributed by atoms with van der Waals surface area (Å²) in [4.78, 5) is 65.2. The number of carbonyl (C=O) groups is 4. The summed E-state index contributed by atoms with van der Waals surface area (Å²) in [6.07, 6.45) is 6.31. The molecule has 4 aliphatic rings. The van der Waals surface area contributed by atoms with Gasteiger partial charge in [-0.3, -0.25) is 23.5 Å². The number of aryl methyl sites for hydroxylation is 1. The van der Waals surface area contributed by atoms with Crippen LogP contribution in [0.4, 0.5) is 4.79 Å². The Bertz CT molecular complexity index is 2150. The summed E-state index contributed by atoms with van der Waals surface area (Å²) >= 11 is 6.39. The zero-order valence-corrected chi connectivity index (χ0v) is 31.5. The van der Waals surface area contributed by atoms with E-state index in [0.717, 1.165) is 17.6 Å². The van der Waals surface area contributed by atoms with Gasteiger partial charge in [0.25, 0.3) is 5.91 Å². The van der Waals surface area contributed by atoms with Crippen LogP contribution in [0.1, 0.15) is 71.4 Å². The number of hydrogen-bond donors (Lipinski definition) is 4. The van der Waals surface area contributed by atoms with E-state index in [1.165, 1.54) is 4.90 Å². The van der Waals surface area contributed by atoms with Gasteiger partial charge in [-0.15, -0.1) is 0 Å². The SMILES string of the molecule is Cc1cn2c(n1)nc(O[C@@H]1C[C@H]3C(=O)N[C@]4(C(=O)NS(=O)(=O)C5(C)CC5)C[C@H]4/C=C\CC[C@@H](C)C[C@@H](C)[C@H](NC(=O)O)C(=O)N3C1)c1cc(Cl)ccc12. The van der Waals surface area contributed by atoms with Gasteiger partial charge in [0.15, 0.2) is 0 Å². The van der Waals surface area contributed by atoms with Crippen LogP contribution in [0.15, 0.2) is 36.5 Å². The molecule has 0 bridgehead atoms. The fourth-order valence-corrected chi connectivity index (χ4v) is 9.24. The van der Waals surface area contributed by atoms with Gasteiger partial charge in [-0.25, -0.2) is 18.2 Å². The van der Waals surface area contributed by atoms with Crippen molar-refractivity contribution in [2.75, 3.05) is 6.54 Å². The van der Waals surface area contributed by atoms with Crippen LogP contribution in [-0.2, 0) is 24.4 Å². The molecular formula is C36H44ClN7O8S. The van der Waals surface area contributed by atoms with Gasteiger partial charge >= 0.3 is 6.09 Å². The van der Waals surface area contributed by atoms with E-state index < -0.39 is 74.1 Å². The molecule has 7 atom stereocenters. The normalized spacial score (nSPS) is 30.7. The minimum Gasteiger partial charge on any atom is -0.472 e. The van der Waals surface area contributed by atoms with Crippen LogP contribution in [0, 0.1) is 24.7 Å². The molecule has 7 rings (SSSR count). The number of carbonyl (C=O) groups excluding carboxylic acids is 3. The summed E-state index contributed by atoms with van der Waals surface area (Å²) in [6.45, 7) is 7.14. The second-order valence-corrected chi connectivity index (χ2v) is 18.2. The molecule has 4 amide bonds. The van der Waals surface area contributed by atoms with Gasteiger partial charge in [0, 0.05) is 23.6 Å². The zero-order valence-electron chi connectivity index (χ0n) is 30.0. The highest BCUT2D eigenvalue weighted by Gasteiger charge is 2.63. The summed E-state index contributed by atoms with van der Waals surface area (Å²) in [7, 11) is -4.01. The minimum absolute atomic E-state index is 0.0287. The van der Waals surface area contributed by atoms with Crippen molar-refractivity contribution in [1.29, 1.82) is 0 Å². The highest BCUT2D eigenvalue weighted by molar-refractivity contribution is 7.91. The van der Waals surface area contributed by atoms with E-state index in [1.54, 1.807) is 26.0 Å². The highest BCUT2D eigenvalue weighted by Crippen LogP contribution is 2.47. The Morgan fingerprint density at radius 2 is 1.91 bits per heavy atom. The first-order valence-corrected chi connectivity index (χ1v) is 19.8. The van der Waals surface area contributed by atoms with E-state index >= 15 is 0 Å². The maximum Gasteiger partial charge on any atom is 0.405 e. The summed E-state index contributed by atoms with van der Waals surface area (Å²) in [6, 6.07) is 2.88. The fraction of sp³-hybridized carbons (Fsp3) is 0.556. The molecule has 2 saturated carbocycles. The number of nitrogens with zero attached hydrogens (tertiary/aromatic N) is 4. The topological polar surface area (TPSA) is 201 Å². The van der Waals surface area contributed by atoms with Crippen LogP contribution in [0.2, 0.25) is 5.02 Å². The number of imidazole rings is 1. The zero-order chi connectivity index (χ0) is 38.0. The number of carboxylic acid groups (broad SMARTS) is 1. The average molecular weight is 770 g/mol. The Kier molecular flexibility index (Phi) is 9.36. The fourth-order valence-electron chi connectivity index (χ4n) is 7.76. The predicted octanol–water partition coefficient (Wildman–Crippen LogP) is 3.71. The quantitative estimate of drug-likeness (QED) is 0.268. The van der Waals surface area contributed by atoms with Crippen LogP contribution >= 0.6 is 11.6 Å². The predicted molar refractivity (Wildman–Crippen MR) is 195 cm³/mol. The lowest BCUT2D eigenvalue weighted by Gasteiger charge is -2.32. The Labute approximate surface area is 311 Å². The van der Waals surface area contributed by atoms with Crippen molar-refractivity contribution >= 4 is 62.1 Å². The van der Waals surface area contributed by atoms with E-state index in [-0.39, 0.29) is 31.2 Å². The number of benzene rings is 1. The Morgan fingerprint density at radius 1 is 1.15 bits per heavy atom. The third kappa shape index (κ3) is 7.02. The van der Waals surface area contributed by atoms with Gasteiger partial charge in [-0.1, -0.05) is 37.6 Å². The summed E-state index contributed by atoms with van der Waals surface area (Å²) < 4.78 is 35.7. The number of ether oxygens (including phenoxy) is 1. The molecule has 2 aromatic heterocycles. The average Bonchev–Trinajstić information content (AvgIpc) is 3.90. The molecule has 284 valence electrons. The number of fused-ring (bicyclic) bond motifs is 5. The Balaban J connectivity index is 1.25. The lowest BCUT2D eigenvalue weighted by atomic mass is 9.88. The molecule has 0 radical (unpaired) electrons. The van der Waals surface area contributed by atoms with E-state index in [2.05, 4.69) is 25.3 Å². The molecule has 0 spiro atoms. The number of aromatic nitrogens is 3. The van der Waals surface area contributed by atoms with E-state index in [0.29, 0.717) is 41.9 Å². The van der Waals surface area contributed by atoms with E-state index in [9.17, 15) is 32.7 Å². The number of nitrogens with one attached hydrogen (secondary N) is 3. The van der Waals surface area contributed by atoms with Crippen molar-refractivity contribution in [3.8, 4) is 5.88 Å². The van der Waals surface area contributed by atoms with Gasteiger partial charge in [0.2, 0.25) is 33.5 Å². The monoisotopic (exact) mass is 769 g/mol. The standard InChI is InChI=1S/C36H44ClN7O8S/c1-19-7-5-6-8-22-16-36(22,32(47)42-53(50,51)35(4)11-12-35)41-29(45)27-15-24(18-43(27)31(46)28(20(2)13-19)39-34(48)49)52-30-25-14-23(37)9-10-26(25)44-17-21(3)38-33(44)40-30/h6,8-10,14,17,19-20,22,24,27-28,39H,5,7,11-13,15-16,18H2,1-4H3,(H,41,45)(H,42,47)(H,48,49)/b8-6-/t19-,20-,22-,24-,27+,28+,36-/m1/s1. The third-order valence-corrected chi connectivity index (χ3v) is 13.7. The molecule has 4 heterocycles. The van der Waals surface area contributed by atoms with E-state index in [1.807, 2.05) is 42.7 Å². The number of hydrogen-bond acceptors (Lipinski definition) is 9. The smallest absolute Gasteiger partial charge is 0.405 e. The van der Waals surface area contributed by atoms with Crippen LogP contribution < -0.4 is 20.1 Å². The second-order valence-electron chi connectivity index (χ2n) is 15.5. The van der Waals surface area contributed by atoms with Crippen molar-refractivity contribution in [1.82, 2.24) is 34.6 Å². The second kappa shape index (κ2) is 13.4. The number of allylic oxidation sites excluding steroid dienone is 1. The molecule has 15 nitrogen and oxygen atoms in total. The first kappa shape index (κ1) is 36.9. The lowest BCUT2D eigenvalue weighted by molar-refractivity contribution is -0.142. The molecule has 2 aliphatic heterocycles. The van der Waals surface area contributed by atoms with Crippen molar-refractivity contribution in [3.05, 3.63) is 47.3 Å². The lowest BCUT2D eigenvalue weighted by Crippen LogP contribution is -2.59. The van der Waals surface area contributed by atoms with Gasteiger partial charge in [0.1, 0.15) is 23.7 Å². The minimum atomic E-state index is -4.01. The van der Waals surface area contributed by atoms with Crippen LogP contribution in [-0.4, -0.2) is 91.6 Å². The van der Waals surface area contributed by atoms with Gasteiger partial charge < -0.3 is 25.4 Å². The summed E-state index contributed by atoms with van der Waals surface area (Å²) in [5.41, 5.74) is -0.109. The molecule has 3 fully saturated rings. The first-order valence-electron chi connectivity index (χ1n) is 18.0. The van der Waals surface area contributed by atoms with Crippen LogP contribution in [0.25, 0.3) is 16.7 Å². The maximum absolute atomic E-state index is 14.5. The Hall–Kier alpha value is -4.44. The van der Waals surface area contributed by atoms with Crippen molar-refractivity contribution in [2.45, 2.75) is 101 Å². The highest BCUT2D eigenvalue weighted by atomic mass is 35.5. The van der Waals surface area contributed by atoms with Crippen LogP contribution in [0.5, 0.6) is 5.88 Å². The number of halogens is 1. The summed E-state index contributed by atoms with van der Waals surface area (Å²) in [5.74, 6) is -2.35. The molecule has 3 aromatic rings. The Morgan fingerprint density at radius 3 is 2.62 bits per heavy atom. The van der Waals surface area contributed by atoms with Crippen LogP contribution in [0.3, 0.4) is 0 Å². The number of sulfonamides is 1. The summed E-state index contributed by atoms with van der Waals surface area (Å²) in [5, 5.41) is 16.1. The molecule has 1 aromatic carbocycles.